The molecule has 3 rings (SSSR count). The van der Waals surface area contributed by atoms with Gasteiger partial charge in [-0.1, -0.05) is 0 Å². The van der Waals surface area contributed by atoms with Crippen molar-refractivity contribution in [2.24, 2.45) is 7.05 Å². The molecule has 106 valence electrons. The average Bonchev–Trinajstić information content (AvgIpc) is 2.95. The molecule has 1 aliphatic carbocycles. The molecule has 1 aliphatic heterocycles. The van der Waals surface area contributed by atoms with Gasteiger partial charge in [-0.05, 0) is 26.2 Å². The highest BCUT2D eigenvalue weighted by atomic mass is 16.5. The summed E-state index contributed by atoms with van der Waals surface area (Å²) in [7, 11) is 4.20. The zero-order valence-electron chi connectivity index (χ0n) is 12.1. The number of ether oxygens (including phenoxy) is 1. The third kappa shape index (κ3) is 2.62. The van der Waals surface area contributed by atoms with E-state index >= 15 is 0 Å². The summed E-state index contributed by atoms with van der Waals surface area (Å²) in [6.45, 7) is 4.74. The van der Waals surface area contributed by atoms with Gasteiger partial charge >= 0.3 is 0 Å². The van der Waals surface area contributed by atoms with Crippen LogP contribution in [0.4, 0.5) is 5.82 Å². The lowest BCUT2D eigenvalue weighted by molar-refractivity contribution is 0.193. The number of hydrogen-bond donors (Lipinski definition) is 1. The third-order valence-corrected chi connectivity index (χ3v) is 4.25. The molecular weight excluding hydrogens is 240 g/mol. The fraction of sp³-hybridized carbons (Fsp3) is 0.786. The number of nitrogens with zero attached hydrogens (tertiary/aromatic N) is 3. The number of aryl methyl sites for hydroxylation is 2. The second-order valence-electron chi connectivity index (χ2n) is 5.79. The lowest BCUT2D eigenvalue weighted by atomic mass is 10.2. The number of aromatic nitrogens is 2. The SMILES string of the molecule is Cc1nn(C)c(N(C)C2CCOC2)c1CNC1CC1. The van der Waals surface area contributed by atoms with Crippen molar-refractivity contribution >= 4 is 5.82 Å². The normalized spacial score (nSPS) is 23.0. The molecular formula is C14H24N4O. The van der Waals surface area contributed by atoms with E-state index in [0.717, 1.165) is 37.9 Å². The Balaban J connectivity index is 1.80. The minimum Gasteiger partial charge on any atom is -0.379 e. The molecule has 0 aromatic carbocycles. The summed E-state index contributed by atoms with van der Waals surface area (Å²) in [6, 6.07) is 1.21. The van der Waals surface area contributed by atoms with Crippen LogP contribution in [-0.4, -0.2) is 42.1 Å². The van der Waals surface area contributed by atoms with Crippen molar-refractivity contribution in [2.45, 2.75) is 44.8 Å². The summed E-state index contributed by atoms with van der Waals surface area (Å²) in [5.74, 6) is 1.24. The smallest absolute Gasteiger partial charge is 0.131 e. The molecule has 0 bridgehead atoms. The first-order valence-electron chi connectivity index (χ1n) is 7.23. The zero-order chi connectivity index (χ0) is 13.4. The lowest BCUT2D eigenvalue weighted by Gasteiger charge is -2.26. The molecule has 2 fully saturated rings. The Kier molecular flexibility index (Phi) is 3.50. The van der Waals surface area contributed by atoms with Gasteiger partial charge in [0.05, 0.1) is 18.3 Å². The maximum absolute atomic E-state index is 5.51. The van der Waals surface area contributed by atoms with Gasteiger partial charge in [0.25, 0.3) is 0 Å². The van der Waals surface area contributed by atoms with Gasteiger partial charge in [-0.2, -0.15) is 5.10 Å². The number of likely N-dealkylation sites (N-methyl/N-ethyl adjacent to an activating group) is 1. The van der Waals surface area contributed by atoms with Crippen molar-refractivity contribution in [2.75, 3.05) is 25.2 Å². The first-order valence-corrected chi connectivity index (χ1v) is 7.23. The summed E-state index contributed by atoms with van der Waals surface area (Å²) in [5, 5.41) is 8.20. The number of anilines is 1. The molecule has 1 unspecified atom stereocenters. The summed E-state index contributed by atoms with van der Waals surface area (Å²) in [6.07, 6.45) is 3.75. The van der Waals surface area contributed by atoms with Gasteiger partial charge in [0.2, 0.25) is 0 Å². The van der Waals surface area contributed by atoms with E-state index in [1.807, 2.05) is 11.7 Å². The Labute approximate surface area is 114 Å². The lowest BCUT2D eigenvalue weighted by Crippen LogP contribution is -2.34. The highest BCUT2D eigenvalue weighted by molar-refractivity contribution is 5.50. The third-order valence-electron chi connectivity index (χ3n) is 4.25. The van der Waals surface area contributed by atoms with E-state index in [9.17, 15) is 0 Å². The Hall–Kier alpha value is -1.07. The van der Waals surface area contributed by atoms with Crippen LogP contribution in [0.2, 0.25) is 0 Å². The maximum atomic E-state index is 5.51. The van der Waals surface area contributed by atoms with E-state index in [4.69, 9.17) is 4.74 Å². The van der Waals surface area contributed by atoms with E-state index in [2.05, 4.69) is 29.3 Å². The summed E-state index contributed by atoms with van der Waals surface area (Å²) >= 11 is 0. The van der Waals surface area contributed by atoms with Gasteiger partial charge in [-0.3, -0.25) is 4.68 Å². The fourth-order valence-corrected chi connectivity index (χ4v) is 2.87. The largest absolute Gasteiger partial charge is 0.379 e. The monoisotopic (exact) mass is 264 g/mol. The highest BCUT2D eigenvalue weighted by Gasteiger charge is 2.27. The average molecular weight is 264 g/mol. The van der Waals surface area contributed by atoms with Gasteiger partial charge in [0, 0.05) is 38.9 Å². The first-order chi connectivity index (χ1) is 9.16. The molecule has 0 radical (unpaired) electrons. The van der Waals surface area contributed by atoms with Crippen LogP contribution >= 0.6 is 0 Å². The molecule has 5 nitrogen and oxygen atoms in total. The summed E-state index contributed by atoms with van der Waals surface area (Å²) < 4.78 is 7.52. The van der Waals surface area contributed by atoms with E-state index in [1.165, 1.54) is 24.2 Å². The quantitative estimate of drug-likeness (QED) is 0.868. The first kappa shape index (κ1) is 12.9. The molecule has 2 heterocycles. The van der Waals surface area contributed by atoms with Gasteiger partial charge < -0.3 is 15.0 Å². The molecule has 2 aliphatic rings. The van der Waals surface area contributed by atoms with Crippen molar-refractivity contribution in [3.8, 4) is 0 Å². The van der Waals surface area contributed by atoms with Crippen molar-refractivity contribution in [3.63, 3.8) is 0 Å². The maximum Gasteiger partial charge on any atom is 0.131 e. The van der Waals surface area contributed by atoms with Crippen LogP contribution < -0.4 is 10.2 Å². The molecule has 1 saturated carbocycles. The second-order valence-corrected chi connectivity index (χ2v) is 5.79. The molecule has 19 heavy (non-hydrogen) atoms. The Morgan fingerprint density at radius 2 is 2.21 bits per heavy atom. The minimum atomic E-state index is 0.481. The molecule has 1 aromatic rings. The van der Waals surface area contributed by atoms with E-state index < -0.39 is 0 Å². The standard InChI is InChI=1S/C14H24N4O/c1-10-13(8-15-11-4-5-11)14(18(3)16-10)17(2)12-6-7-19-9-12/h11-12,15H,4-9H2,1-3H3. The van der Waals surface area contributed by atoms with Crippen LogP contribution in [0.15, 0.2) is 0 Å². The number of hydrogen-bond acceptors (Lipinski definition) is 4. The van der Waals surface area contributed by atoms with Crippen molar-refractivity contribution in [1.29, 1.82) is 0 Å². The topological polar surface area (TPSA) is 42.3 Å². The van der Waals surface area contributed by atoms with Gasteiger partial charge in [0.1, 0.15) is 5.82 Å². The van der Waals surface area contributed by atoms with Crippen molar-refractivity contribution in [3.05, 3.63) is 11.3 Å². The highest BCUT2D eigenvalue weighted by Crippen LogP contribution is 2.27. The van der Waals surface area contributed by atoms with E-state index in [1.54, 1.807) is 0 Å². The van der Waals surface area contributed by atoms with Gasteiger partial charge in [-0.25, -0.2) is 0 Å². The van der Waals surface area contributed by atoms with Crippen LogP contribution in [0, 0.1) is 6.92 Å². The van der Waals surface area contributed by atoms with Gasteiger partial charge in [-0.15, -0.1) is 0 Å². The predicted molar refractivity (Wildman–Crippen MR) is 75.4 cm³/mol. The fourth-order valence-electron chi connectivity index (χ4n) is 2.87. The van der Waals surface area contributed by atoms with Gasteiger partial charge in [0.15, 0.2) is 0 Å². The second kappa shape index (κ2) is 5.13. The van der Waals surface area contributed by atoms with Crippen LogP contribution in [0.3, 0.4) is 0 Å². The Bertz CT molecular complexity index is 447. The molecule has 0 amide bonds. The molecule has 1 atom stereocenters. The van der Waals surface area contributed by atoms with Crippen LogP contribution in [0.1, 0.15) is 30.5 Å². The van der Waals surface area contributed by atoms with Crippen LogP contribution in [0.25, 0.3) is 0 Å². The molecule has 1 aromatic heterocycles. The molecule has 0 spiro atoms. The van der Waals surface area contributed by atoms with Crippen LogP contribution in [-0.2, 0) is 18.3 Å². The van der Waals surface area contributed by atoms with Crippen molar-refractivity contribution in [1.82, 2.24) is 15.1 Å². The minimum absolute atomic E-state index is 0.481. The summed E-state index contributed by atoms with van der Waals surface area (Å²) in [4.78, 5) is 2.34. The molecule has 5 heteroatoms. The van der Waals surface area contributed by atoms with E-state index in [-0.39, 0.29) is 0 Å². The molecule has 1 N–H and O–H groups in total. The zero-order valence-corrected chi connectivity index (χ0v) is 12.1. The number of nitrogens with one attached hydrogen (secondary N) is 1. The number of rotatable bonds is 5. The van der Waals surface area contributed by atoms with Crippen molar-refractivity contribution < 1.29 is 4.74 Å². The van der Waals surface area contributed by atoms with Crippen LogP contribution in [0.5, 0.6) is 0 Å². The Morgan fingerprint density at radius 3 is 2.84 bits per heavy atom. The predicted octanol–water partition coefficient (Wildman–Crippen LogP) is 1.21. The Morgan fingerprint density at radius 1 is 1.42 bits per heavy atom. The summed E-state index contributed by atoms with van der Waals surface area (Å²) in [5.41, 5.74) is 2.47. The molecule has 1 saturated heterocycles. The van der Waals surface area contributed by atoms with E-state index in [0.29, 0.717) is 6.04 Å².